The fourth-order valence-corrected chi connectivity index (χ4v) is 2.14. The lowest BCUT2D eigenvalue weighted by Gasteiger charge is -2.15. The summed E-state index contributed by atoms with van der Waals surface area (Å²) in [6.07, 6.45) is 1.88. The summed E-state index contributed by atoms with van der Waals surface area (Å²) < 4.78 is 6.93. The van der Waals surface area contributed by atoms with Crippen molar-refractivity contribution in [2.75, 3.05) is 19.5 Å². The van der Waals surface area contributed by atoms with Gasteiger partial charge in [-0.2, -0.15) is 0 Å². The third-order valence-corrected chi connectivity index (χ3v) is 3.38. The largest absolute Gasteiger partial charge is 0.399 e. The van der Waals surface area contributed by atoms with Crippen molar-refractivity contribution in [1.29, 1.82) is 0 Å². The highest BCUT2D eigenvalue weighted by atomic mass is 16.5. The van der Waals surface area contributed by atoms with Crippen molar-refractivity contribution in [1.82, 2.24) is 9.88 Å². The second-order valence-electron chi connectivity index (χ2n) is 4.94. The molecule has 1 unspecified atom stereocenters. The minimum Gasteiger partial charge on any atom is -0.399 e. The number of aromatic nitrogens is 1. The Morgan fingerprint density at radius 1 is 1.33 bits per heavy atom. The number of nitrogen functional groups attached to an aromatic ring is 1. The Hall–Kier alpha value is -2.27. The number of nitrogens with two attached hydrogens (primary N) is 1. The number of carbonyl (C=O) groups excluding carboxylic acids is 1. The van der Waals surface area contributed by atoms with Gasteiger partial charge in [-0.3, -0.25) is 4.79 Å². The molecular formula is C16H21N3O2. The number of amides is 1. The minimum atomic E-state index is -0.0968. The van der Waals surface area contributed by atoms with Crippen LogP contribution in [-0.4, -0.2) is 24.2 Å². The van der Waals surface area contributed by atoms with Gasteiger partial charge in [0.25, 0.3) is 5.91 Å². The number of anilines is 1. The highest BCUT2D eigenvalue weighted by Gasteiger charge is 2.14. The van der Waals surface area contributed by atoms with E-state index < -0.39 is 0 Å². The first-order valence-corrected chi connectivity index (χ1v) is 6.92. The molecule has 1 aromatic heterocycles. The number of hydrogen-bond donors (Lipinski definition) is 2. The molecule has 5 nitrogen and oxygen atoms in total. The Morgan fingerprint density at radius 3 is 2.71 bits per heavy atom. The van der Waals surface area contributed by atoms with E-state index in [1.807, 2.05) is 48.0 Å². The number of nitrogens with one attached hydrogen (secondary N) is 1. The topological polar surface area (TPSA) is 69.3 Å². The number of methoxy groups -OCH3 is 1. The van der Waals surface area contributed by atoms with Gasteiger partial charge in [0.15, 0.2) is 0 Å². The van der Waals surface area contributed by atoms with Crippen molar-refractivity contribution in [2.24, 2.45) is 0 Å². The van der Waals surface area contributed by atoms with Gasteiger partial charge in [-0.25, -0.2) is 0 Å². The maximum atomic E-state index is 12.3. The van der Waals surface area contributed by atoms with E-state index in [9.17, 15) is 4.79 Å². The van der Waals surface area contributed by atoms with Crippen LogP contribution in [0.5, 0.6) is 0 Å². The summed E-state index contributed by atoms with van der Waals surface area (Å²) in [4.78, 5) is 12.3. The Bertz CT molecular complexity index is 590. The number of ether oxygens (including phenoxy) is 1. The third-order valence-electron chi connectivity index (χ3n) is 3.38. The van der Waals surface area contributed by atoms with E-state index in [4.69, 9.17) is 10.5 Å². The highest BCUT2D eigenvalue weighted by Crippen LogP contribution is 2.15. The average Bonchev–Trinajstić information content (AvgIpc) is 2.94. The zero-order chi connectivity index (χ0) is 15.2. The molecular weight excluding hydrogens is 266 g/mol. The quantitative estimate of drug-likeness (QED) is 0.800. The zero-order valence-electron chi connectivity index (χ0n) is 12.4. The van der Waals surface area contributed by atoms with Crippen LogP contribution in [0.4, 0.5) is 5.69 Å². The average molecular weight is 287 g/mol. The molecule has 0 saturated carbocycles. The van der Waals surface area contributed by atoms with Gasteiger partial charge in [0.2, 0.25) is 0 Å². The molecule has 5 heteroatoms. The number of hydrogen-bond acceptors (Lipinski definition) is 3. The summed E-state index contributed by atoms with van der Waals surface area (Å²) in [5.74, 6) is -0.0968. The number of benzene rings is 1. The van der Waals surface area contributed by atoms with E-state index in [0.29, 0.717) is 24.5 Å². The zero-order valence-corrected chi connectivity index (χ0v) is 12.4. The Balaban J connectivity index is 2.04. The normalized spacial score (nSPS) is 12.1. The molecule has 1 atom stereocenters. The van der Waals surface area contributed by atoms with E-state index in [0.717, 1.165) is 5.56 Å². The first-order chi connectivity index (χ1) is 10.1. The molecule has 0 fully saturated rings. The van der Waals surface area contributed by atoms with E-state index in [2.05, 4.69) is 5.32 Å². The molecule has 2 rings (SSSR count). The first kappa shape index (κ1) is 15.1. The monoisotopic (exact) mass is 287 g/mol. The van der Waals surface area contributed by atoms with Crippen LogP contribution < -0.4 is 11.1 Å². The predicted molar refractivity (Wildman–Crippen MR) is 83.0 cm³/mol. The van der Waals surface area contributed by atoms with Gasteiger partial charge in [-0.15, -0.1) is 0 Å². The van der Waals surface area contributed by atoms with Crippen molar-refractivity contribution < 1.29 is 9.53 Å². The van der Waals surface area contributed by atoms with Crippen LogP contribution in [0.1, 0.15) is 29.0 Å². The molecule has 0 bridgehead atoms. The van der Waals surface area contributed by atoms with Crippen LogP contribution in [0.3, 0.4) is 0 Å². The number of rotatable bonds is 6. The van der Waals surface area contributed by atoms with Crippen molar-refractivity contribution in [3.63, 3.8) is 0 Å². The smallest absolute Gasteiger partial charge is 0.268 e. The van der Waals surface area contributed by atoms with Crippen LogP contribution >= 0.6 is 0 Å². The van der Waals surface area contributed by atoms with Crippen LogP contribution in [0.15, 0.2) is 42.6 Å². The van der Waals surface area contributed by atoms with Crippen LogP contribution in [-0.2, 0) is 11.3 Å². The third kappa shape index (κ3) is 3.86. The van der Waals surface area contributed by atoms with Gasteiger partial charge in [-0.1, -0.05) is 12.1 Å². The molecule has 2 aromatic rings. The van der Waals surface area contributed by atoms with Gasteiger partial charge < -0.3 is 20.4 Å². The molecule has 0 spiro atoms. The molecule has 1 amide bonds. The standard InChI is InChI=1S/C16H21N3O2/c1-12(13-5-7-14(17)8-6-13)18-16(20)15-4-3-9-19(15)10-11-21-2/h3-9,12H,10-11,17H2,1-2H3,(H,18,20). The number of nitrogens with zero attached hydrogens (tertiary/aromatic N) is 1. The Labute approximate surface area is 124 Å². The maximum absolute atomic E-state index is 12.3. The molecule has 0 aliphatic rings. The lowest BCUT2D eigenvalue weighted by Crippen LogP contribution is -2.28. The molecule has 0 saturated heterocycles. The fourth-order valence-electron chi connectivity index (χ4n) is 2.14. The molecule has 21 heavy (non-hydrogen) atoms. The van der Waals surface area contributed by atoms with Crippen LogP contribution in [0.2, 0.25) is 0 Å². The molecule has 112 valence electrons. The molecule has 0 radical (unpaired) electrons. The Morgan fingerprint density at radius 2 is 2.05 bits per heavy atom. The first-order valence-electron chi connectivity index (χ1n) is 6.92. The molecule has 0 aliphatic carbocycles. The summed E-state index contributed by atoms with van der Waals surface area (Å²) in [6.45, 7) is 3.18. The molecule has 3 N–H and O–H groups in total. The summed E-state index contributed by atoms with van der Waals surface area (Å²) in [6, 6.07) is 11.1. The summed E-state index contributed by atoms with van der Waals surface area (Å²) >= 11 is 0. The van der Waals surface area contributed by atoms with Gasteiger partial charge in [-0.05, 0) is 36.8 Å². The van der Waals surface area contributed by atoms with E-state index >= 15 is 0 Å². The number of carbonyl (C=O) groups is 1. The predicted octanol–water partition coefficient (Wildman–Crippen LogP) is 2.21. The highest BCUT2D eigenvalue weighted by molar-refractivity contribution is 5.93. The maximum Gasteiger partial charge on any atom is 0.268 e. The van der Waals surface area contributed by atoms with Crippen molar-refractivity contribution in [3.05, 3.63) is 53.9 Å². The van der Waals surface area contributed by atoms with Crippen LogP contribution in [0.25, 0.3) is 0 Å². The van der Waals surface area contributed by atoms with Crippen molar-refractivity contribution in [2.45, 2.75) is 19.5 Å². The summed E-state index contributed by atoms with van der Waals surface area (Å²) in [5, 5.41) is 2.99. The molecule has 0 aliphatic heterocycles. The van der Waals surface area contributed by atoms with Gasteiger partial charge in [0.05, 0.1) is 12.6 Å². The van der Waals surface area contributed by atoms with Crippen molar-refractivity contribution in [3.8, 4) is 0 Å². The van der Waals surface area contributed by atoms with E-state index in [1.54, 1.807) is 13.2 Å². The fraction of sp³-hybridized carbons (Fsp3) is 0.312. The lowest BCUT2D eigenvalue weighted by molar-refractivity contribution is 0.0927. The second kappa shape index (κ2) is 6.95. The Kier molecular flexibility index (Phi) is 5.00. The molecule has 1 heterocycles. The summed E-state index contributed by atoms with van der Waals surface area (Å²) in [7, 11) is 1.65. The summed E-state index contributed by atoms with van der Waals surface area (Å²) in [5.41, 5.74) is 8.04. The minimum absolute atomic E-state index is 0.0797. The van der Waals surface area contributed by atoms with Gasteiger partial charge in [0.1, 0.15) is 5.69 Å². The molecule has 1 aromatic carbocycles. The second-order valence-corrected chi connectivity index (χ2v) is 4.94. The van der Waals surface area contributed by atoms with Crippen LogP contribution in [0, 0.1) is 0 Å². The van der Waals surface area contributed by atoms with Gasteiger partial charge >= 0.3 is 0 Å². The van der Waals surface area contributed by atoms with Crippen molar-refractivity contribution >= 4 is 11.6 Å². The van der Waals surface area contributed by atoms with E-state index in [1.165, 1.54) is 0 Å². The van der Waals surface area contributed by atoms with E-state index in [-0.39, 0.29) is 11.9 Å². The van der Waals surface area contributed by atoms with Gasteiger partial charge in [0, 0.05) is 25.5 Å². The lowest BCUT2D eigenvalue weighted by atomic mass is 10.1. The SMILES string of the molecule is COCCn1cccc1C(=O)NC(C)c1ccc(N)cc1.